The highest BCUT2D eigenvalue weighted by Crippen LogP contribution is 2.25. The van der Waals surface area contributed by atoms with Gasteiger partial charge in [-0.05, 0) is 25.5 Å². The second-order valence-corrected chi connectivity index (χ2v) is 5.30. The van der Waals surface area contributed by atoms with Crippen molar-refractivity contribution in [2.45, 2.75) is 31.2 Å². The molecule has 0 spiro atoms. The van der Waals surface area contributed by atoms with Gasteiger partial charge < -0.3 is 14.5 Å². The van der Waals surface area contributed by atoms with Crippen LogP contribution in [0.4, 0.5) is 0 Å². The Bertz CT molecular complexity index is 353. The summed E-state index contributed by atoms with van der Waals surface area (Å²) in [6.45, 7) is 3.33. The smallest absolute Gasteiger partial charge is 0.230 e. The lowest BCUT2D eigenvalue weighted by Crippen LogP contribution is -2.26. The largest absolute Gasteiger partial charge is 0.467 e. The number of thioether (sulfide) groups is 1. The highest BCUT2D eigenvalue weighted by molar-refractivity contribution is 8.00. The van der Waals surface area contributed by atoms with Crippen LogP contribution in [-0.4, -0.2) is 29.6 Å². The first-order chi connectivity index (χ1) is 8.25. The van der Waals surface area contributed by atoms with Gasteiger partial charge in [-0.1, -0.05) is 0 Å². The summed E-state index contributed by atoms with van der Waals surface area (Å²) < 4.78 is 10.6. The molecule has 1 aromatic rings. The number of rotatable bonds is 5. The zero-order chi connectivity index (χ0) is 12.1. The van der Waals surface area contributed by atoms with Crippen molar-refractivity contribution < 1.29 is 13.9 Å². The molecule has 1 aliphatic heterocycles. The number of hydrogen-bond acceptors (Lipinski definition) is 4. The first-order valence-electron chi connectivity index (χ1n) is 5.78. The summed E-state index contributed by atoms with van der Waals surface area (Å²) in [5.41, 5.74) is 0. The van der Waals surface area contributed by atoms with Crippen LogP contribution >= 0.6 is 11.8 Å². The topological polar surface area (TPSA) is 51.5 Å². The average molecular weight is 255 g/mol. The van der Waals surface area contributed by atoms with Gasteiger partial charge in [0.15, 0.2) is 0 Å². The van der Waals surface area contributed by atoms with E-state index >= 15 is 0 Å². The molecule has 1 aliphatic rings. The molecule has 2 rings (SSSR count). The van der Waals surface area contributed by atoms with Gasteiger partial charge in [0.05, 0.1) is 24.7 Å². The summed E-state index contributed by atoms with van der Waals surface area (Å²) in [4.78, 5) is 11.6. The molecule has 1 aromatic heterocycles. The maximum absolute atomic E-state index is 11.6. The predicted octanol–water partition coefficient (Wildman–Crippen LogP) is 1.81. The van der Waals surface area contributed by atoms with Gasteiger partial charge in [-0.3, -0.25) is 4.79 Å². The van der Waals surface area contributed by atoms with Crippen LogP contribution in [-0.2, 0) is 16.1 Å². The van der Waals surface area contributed by atoms with E-state index in [1.807, 2.05) is 12.1 Å². The summed E-state index contributed by atoms with van der Waals surface area (Å²) in [6, 6.07) is 3.66. The Morgan fingerprint density at radius 1 is 1.65 bits per heavy atom. The Kier molecular flexibility index (Phi) is 4.50. The number of ether oxygens (including phenoxy) is 1. The molecule has 1 N–H and O–H groups in total. The first kappa shape index (κ1) is 12.5. The lowest BCUT2D eigenvalue weighted by Gasteiger charge is -2.12. The number of furan rings is 1. The molecule has 4 nitrogen and oxygen atoms in total. The molecule has 0 bridgehead atoms. The molecule has 0 unspecified atom stereocenters. The monoisotopic (exact) mass is 255 g/mol. The molecular formula is C12H17NO3S. The van der Waals surface area contributed by atoms with E-state index in [1.54, 1.807) is 18.0 Å². The molecule has 5 heteroatoms. The molecule has 2 atom stereocenters. The normalized spacial score (nSPS) is 23.8. The van der Waals surface area contributed by atoms with Gasteiger partial charge in [-0.15, -0.1) is 11.8 Å². The van der Waals surface area contributed by atoms with E-state index in [-0.39, 0.29) is 12.0 Å². The fraction of sp³-hybridized carbons (Fsp3) is 0.583. The minimum absolute atomic E-state index is 0.0468. The van der Waals surface area contributed by atoms with E-state index in [0.717, 1.165) is 18.8 Å². The summed E-state index contributed by atoms with van der Waals surface area (Å²) in [5, 5.41) is 3.28. The number of carbonyl (C=O) groups is 1. The van der Waals surface area contributed by atoms with E-state index in [0.29, 0.717) is 17.5 Å². The van der Waals surface area contributed by atoms with Crippen molar-refractivity contribution in [1.29, 1.82) is 0 Å². The fourth-order valence-electron chi connectivity index (χ4n) is 1.76. The van der Waals surface area contributed by atoms with Crippen molar-refractivity contribution in [2.24, 2.45) is 0 Å². The van der Waals surface area contributed by atoms with Crippen LogP contribution in [0, 0.1) is 0 Å². The minimum Gasteiger partial charge on any atom is -0.467 e. The van der Waals surface area contributed by atoms with E-state index < -0.39 is 0 Å². The van der Waals surface area contributed by atoms with E-state index in [2.05, 4.69) is 12.2 Å². The van der Waals surface area contributed by atoms with Crippen LogP contribution in [0.3, 0.4) is 0 Å². The number of hydrogen-bond donors (Lipinski definition) is 1. The minimum atomic E-state index is 0.0468. The summed E-state index contributed by atoms with van der Waals surface area (Å²) >= 11 is 1.67. The van der Waals surface area contributed by atoms with E-state index in [1.165, 1.54) is 0 Å². The second-order valence-electron chi connectivity index (χ2n) is 4.07. The van der Waals surface area contributed by atoms with Crippen LogP contribution in [0.15, 0.2) is 22.8 Å². The van der Waals surface area contributed by atoms with Crippen LogP contribution in [0.2, 0.25) is 0 Å². The molecular weight excluding hydrogens is 238 g/mol. The second kappa shape index (κ2) is 6.12. The molecule has 2 heterocycles. The first-order valence-corrected chi connectivity index (χ1v) is 6.83. The third-order valence-corrected chi connectivity index (χ3v) is 4.25. The number of carbonyl (C=O) groups excluding carboxylic acids is 1. The van der Waals surface area contributed by atoms with Gasteiger partial charge in [0.1, 0.15) is 5.76 Å². The molecule has 17 heavy (non-hydrogen) atoms. The maximum Gasteiger partial charge on any atom is 0.230 e. The predicted molar refractivity (Wildman–Crippen MR) is 66.8 cm³/mol. The fourth-order valence-corrected chi connectivity index (χ4v) is 2.84. The Morgan fingerprint density at radius 2 is 2.53 bits per heavy atom. The standard InChI is InChI=1S/C12H17NO3S/c1-9-11(4-6-15-9)17-8-12(14)13-7-10-3-2-5-16-10/h2-3,5,9,11H,4,6-8H2,1H3,(H,13,14)/t9-,11-/m0/s1. The molecule has 1 saturated heterocycles. The zero-order valence-electron chi connectivity index (χ0n) is 9.85. The lowest BCUT2D eigenvalue weighted by atomic mass is 10.3. The van der Waals surface area contributed by atoms with Gasteiger partial charge in [-0.25, -0.2) is 0 Å². The van der Waals surface area contributed by atoms with Crippen molar-refractivity contribution in [3.63, 3.8) is 0 Å². The third kappa shape index (κ3) is 3.78. The highest BCUT2D eigenvalue weighted by atomic mass is 32.2. The third-order valence-electron chi connectivity index (χ3n) is 2.78. The molecule has 94 valence electrons. The molecule has 0 aromatic carbocycles. The Balaban J connectivity index is 1.64. The van der Waals surface area contributed by atoms with Gasteiger partial charge in [0.25, 0.3) is 0 Å². The Hall–Kier alpha value is -0.940. The van der Waals surface area contributed by atoms with E-state index in [9.17, 15) is 4.79 Å². The summed E-state index contributed by atoms with van der Waals surface area (Å²) in [6.07, 6.45) is 2.91. The van der Waals surface area contributed by atoms with Crippen molar-refractivity contribution >= 4 is 17.7 Å². The van der Waals surface area contributed by atoms with Crippen molar-refractivity contribution in [3.05, 3.63) is 24.2 Å². The van der Waals surface area contributed by atoms with Crippen LogP contribution in [0.25, 0.3) is 0 Å². The van der Waals surface area contributed by atoms with Crippen LogP contribution < -0.4 is 5.32 Å². The molecule has 1 fully saturated rings. The molecule has 0 aliphatic carbocycles. The van der Waals surface area contributed by atoms with Crippen molar-refractivity contribution in [3.8, 4) is 0 Å². The highest BCUT2D eigenvalue weighted by Gasteiger charge is 2.25. The van der Waals surface area contributed by atoms with Crippen molar-refractivity contribution in [1.82, 2.24) is 5.32 Å². The zero-order valence-corrected chi connectivity index (χ0v) is 10.7. The van der Waals surface area contributed by atoms with Crippen LogP contribution in [0.1, 0.15) is 19.1 Å². The molecule has 1 amide bonds. The summed E-state index contributed by atoms with van der Waals surface area (Å²) in [5.74, 6) is 1.31. The number of nitrogens with one attached hydrogen (secondary N) is 1. The quantitative estimate of drug-likeness (QED) is 0.871. The van der Waals surface area contributed by atoms with Gasteiger partial charge in [0, 0.05) is 11.9 Å². The molecule has 0 saturated carbocycles. The van der Waals surface area contributed by atoms with Crippen LogP contribution in [0.5, 0.6) is 0 Å². The maximum atomic E-state index is 11.6. The Labute approximate surface area is 105 Å². The SMILES string of the molecule is C[C@@H]1OCC[C@@H]1SCC(=O)NCc1ccco1. The molecule has 0 radical (unpaired) electrons. The Morgan fingerprint density at radius 3 is 3.18 bits per heavy atom. The van der Waals surface area contributed by atoms with Gasteiger partial charge >= 0.3 is 0 Å². The summed E-state index contributed by atoms with van der Waals surface area (Å²) in [7, 11) is 0. The lowest BCUT2D eigenvalue weighted by molar-refractivity contribution is -0.118. The average Bonchev–Trinajstić information content (AvgIpc) is 2.95. The number of amides is 1. The van der Waals surface area contributed by atoms with Crippen molar-refractivity contribution in [2.75, 3.05) is 12.4 Å². The van der Waals surface area contributed by atoms with E-state index in [4.69, 9.17) is 9.15 Å². The van der Waals surface area contributed by atoms with Gasteiger partial charge in [-0.2, -0.15) is 0 Å². The van der Waals surface area contributed by atoms with Gasteiger partial charge in [0.2, 0.25) is 5.91 Å².